The predicted molar refractivity (Wildman–Crippen MR) is 103 cm³/mol. The Kier molecular flexibility index (Phi) is 6.39. The molecule has 0 saturated heterocycles. The number of carbonyl (C=O) groups excluding carboxylic acids is 1. The zero-order valence-corrected chi connectivity index (χ0v) is 15.3. The third-order valence-electron chi connectivity index (χ3n) is 3.92. The summed E-state index contributed by atoms with van der Waals surface area (Å²) in [5.74, 6) is 0.132. The van der Waals surface area contributed by atoms with Gasteiger partial charge in [0.25, 0.3) is 5.91 Å². The molecule has 0 aromatic heterocycles. The number of amides is 1. The van der Waals surface area contributed by atoms with Crippen LogP contribution in [0.1, 0.15) is 11.1 Å². The van der Waals surface area contributed by atoms with Crippen LogP contribution in [-0.4, -0.2) is 12.5 Å². The molecule has 3 aromatic carbocycles. The number of rotatable bonds is 7. The lowest BCUT2D eigenvalue weighted by molar-refractivity contribution is -0.137. The van der Waals surface area contributed by atoms with Gasteiger partial charge in [0.05, 0.1) is 5.56 Å². The van der Waals surface area contributed by atoms with Gasteiger partial charge >= 0.3 is 6.18 Å². The van der Waals surface area contributed by atoms with Crippen LogP contribution in [0.4, 0.5) is 18.9 Å². The van der Waals surface area contributed by atoms with Gasteiger partial charge in [0.1, 0.15) is 18.1 Å². The number of anilines is 1. The van der Waals surface area contributed by atoms with Crippen LogP contribution >= 0.6 is 0 Å². The highest BCUT2D eigenvalue weighted by atomic mass is 19.4. The lowest BCUT2D eigenvalue weighted by atomic mass is 10.2. The van der Waals surface area contributed by atoms with Gasteiger partial charge in [-0.05, 0) is 48.0 Å². The zero-order chi connectivity index (χ0) is 20.7. The van der Waals surface area contributed by atoms with Crippen molar-refractivity contribution in [2.75, 3.05) is 11.9 Å². The van der Waals surface area contributed by atoms with Crippen LogP contribution in [-0.2, 0) is 17.6 Å². The Balaban J connectivity index is 1.48. The van der Waals surface area contributed by atoms with Crippen LogP contribution in [0.3, 0.4) is 0 Å². The second-order valence-corrected chi connectivity index (χ2v) is 6.16. The second-order valence-electron chi connectivity index (χ2n) is 6.16. The first-order valence-electron chi connectivity index (χ1n) is 8.77. The van der Waals surface area contributed by atoms with Crippen LogP contribution < -0.4 is 14.8 Å². The number of ether oxygens (including phenoxy) is 2. The minimum Gasteiger partial charge on any atom is -0.489 e. The molecule has 0 unspecified atom stereocenters. The van der Waals surface area contributed by atoms with Gasteiger partial charge in [0.2, 0.25) is 0 Å². The van der Waals surface area contributed by atoms with Gasteiger partial charge in [0.15, 0.2) is 6.61 Å². The van der Waals surface area contributed by atoms with Crippen molar-refractivity contribution in [3.8, 4) is 11.5 Å². The first-order chi connectivity index (χ1) is 13.9. The molecule has 0 heterocycles. The van der Waals surface area contributed by atoms with E-state index in [1.807, 2.05) is 30.3 Å². The summed E-state index contributed by atoms with van der Waals surface area (Å²) in [6.07, 6.45) is -4.47. The van der Waals surface area contributed by atoms with Gasteiger partial charge in [-0.15, -0.1) is 0 Å². The van der Waals surface area contributed by atoms with Gasteiger partial charge < -0.3 is 14.8 Å². The lowest BCUT2D eigenvalue weighted by Crippen LogP contribution is -2.20. The first-order valence-corrected chi connectivity index (χ1v) is 8.77. The Hall–Kier alpha value is -3.48. The number of benzene rings is 3. The van der Waals surface area contributed by atoms with Crippen LogP contribution in [0.5, 0.6) is 11.5 Å². The van der Waals surface area contributed by atoms with E-state index < -0.39 is 24.3 Å². The molecular formula is C22H18F3NO3. The minimum atomic E-state index is -4.47. The standard InChI is InChI=1S/C22H18F3NO3/c23-22(24,25)17-7-4-8-20(13-17)29-15-21(27)26-18-9-11-19(12-10-18)28-14-16-5-2-1-3-6-16/h1-13H,14-15H2,(H,26,27). The van der Waals surface area contributed by atoms with Crippen LogP contribution in [0.25, 0.3) is 0 Å². The first kappa shape index (κ1) is 20.3. The summed E-state index contributed by atoms with van der Waals surface area (Å²) in [6, 6.07) is 20.8. The Labute approximate surface area is 165 Å². The van der Waals surface area contributed by atoms with E-state index in [4.69, 9.17) is 9.47 Å². The monoisotopic (exact) mass is 401 g/mol. The molecule has 1 N–H and O–H groups in total. The molecule has 0 radical (unpaired) electrons. The van der Waals surface area contributed by atoms with E-state index in [0.717, 1.165) is 17.7 Å². The molecule has 0 spiro atoms. The topological polar surface area (TPSA) is 47.6 Å². The highest BCUT2D eigenvalue weighted by Crippen LogP contribution is 2.31. The van der Waals surface area contributed by atoms with E-state index in [-0.39, 0.29) is 5.75 Å². The van der Waals surface area contributed by atoms with Gasteiger partial charge in [-0.3, -0.25) is 4.79 Å². The van der Waals surface area contributed by atoms with Crippen molar-refractivity contribution in [2.45, 2.75) is 12.8 Å². The molecule has 0 bridgehead atoms. The summed E-state index contributed by atoms with van der Waals surface area (Å²) >= 11 is 0. The molecule has 0 fully saturated rings. The quantitative estimate of drug-likeness (QED) is 0.584. The number of carbonyl (C=O) groups is 1. The molecule has 0 aliphatic heterocycles. The average Bonchev–Trinajstić information content (AvgIpc) is 2.72. The van der Waals surface area contributed by atoms with Crippen molar-refractivity contribution in [3.63, 3.8) is 0 Å². The summed E-state index contributed by atoms with van der Waals surface area (Å²) < 4.78 is 48.9. The van der Waals surface area contributed by atoms with E-state index in [0.29, 0.717) is 18.0 Å². The summed E-state index contributed by atoms with van der Waals surface area (Å²) in [6.45, 7) is 0.0188. The van der Waals surface area contributed by atoms with Gasteiger partial charge in [-0.1, -0.05) is 36.4 Å². The van der Waals surface area contributed by atoms with Gasteiger partial charge in [0, 0.05) is 5.69 Å². The molecule has 0 saturated carbocycles. The van der Waals surface area contributed by atoms with Crippen LogP contribution in [0.2, 0.25) is 0 Å². The fourth-order valence-corrected chi connectivity index (χ4v) is 2.48. The fourth-order valence-electron chi connectivity index (χ4n) is 2.48. The molecule has 7 heteroatoms. The zero-order valence-electron chi connectivity index (χ0n) is 15.3. The molecular weight excluding hydrogens is 383 g/mol. The summed E-state index contributed by atoms with van der Waals surface area (Å²) in [7, 11) is 0. The van der Waals surface area contributed by atoms with Gasteiger partial charge in [-0.25, -0.2) is 0 Å². The largest absolute Gasteiger partial charge is 0.489 e. The maximum Gasteiger partial charge on any atom is 0.416 e. The maximum atomic E-state index is 12.7. The molecule has 150 valence electrons. The van der Waals surface area contributed by atoms with Crippen LogP contribution in [0, 0.1) is 0 Å². The average molecular weight is 401 g/mol. The third kappa shape index (κ3) is 6.27. The molecule has 0 aliphatic rings. The minimum absolute atomic E-state index is 0.0281. The fraction of sp³-hybridized carbons (Fsp3) is 0.136. The molecule has 3 aromatic rings. The van der Waals surface area contributed by atoms with E-state index in [1.165, 1.54) is 12.1 Å². The van der Waals surface area contributed by atoms with E-state index >= 15 is 0 Å². The van der Waals surface area contributed by atoms with Crippen molar-refractivity contribution < 1.29 is 27.4 Å². The molecule has 29 heavy (non-hydrogen) atoms. The number of nitrogens with one attached hydrogen (secondary N) is 1. The Morgan fingerprint density at radius 2 is 1.55 bits per heavy atom. The normalized spacial score (nSPS) is 11.0. The summed E-state index contributed by atoms with van der Waals surface area (Å²) in [4.78, 5) is 12.0. The van der Waals surface area contributed by atoms with Crippen molar-refractivity contribution in [1.82, 2.24) is 0 Å². The molecule has 3 rings (SSSR count). The SMILES string of the molecule is O=C(COc1cccc(C(F)(F)F)c1)Nc1ccc(OCc2ccccc2)cc1. The number of alkyl halides is 3. The number of hydrogen-bond donors (Lipinski definition) is 1. The van der Waals surface area contributed by atoms with E-state index in [1.54, 1.807) is 24.3 Å². The highest BCUT2D eigenvalue weighted by Gasteiger charge is 2.30. The molecule has 0 aliphatic carbocycles. The second kappa shape index (κ2) is 9.14. The van der Waals surface area contributed by atoms with Crippen molar-refractivity contribution >= 4 is 11.6 Å². The van der Waals surface area contributed by atoms with Crippen molar-refractivity contribution in [3.05, 3.63) is 90.0 Å². The molecule has 1 amide bonds. The summed E-state index contributed by atoms with van der Waals surface area (Å²) in [5.41, 5.74) is 0.729. The van der Waals surface area contributed by atoms with Crippen molar-refractivity contribution in [2.24, 2.45) is 0 Å². The summed E-state index contributed by atoms with van der Waals surface area (Å²) in [5, 5.41) is 2.62. The van der Waals surface area contributed by atoms with Crippen molar-refractivity contribution in [1.29, 1.82) is 0 Å². The predicted octanol–water partition coefficient (Wildman–Crippen LogP) is 5.30. The maximum absolute atomic E-state index is 12.7. The van der Waals surface area contributed by atoms with E-state index in [2.05, 4.69) is 5.32 Å². The highest BCUT2D eigenvalue weighted by molar-refractivity contribution is 5.91. The lowest BCUT2D eigenvalue weighted by Gasteiger charge is -2.11. The molecule has 0 atom stereocenters. The third-order valence-corrected chi connectivity index (χ3v) is 3.92. The number of halogens is 3. The smallest absolute Gasteiger partial charge is 0.416 e. The van der Waals surface area contributed by atoms with Gasteiger partial charge in [-0.2, -0.15) is 13.2 Å². The Morgan fingerprint density at radius 3 is 2.24 bits per heavy atom. The number of hydrogen-bond acceptors (Lipinski definition) is 3. The molecule has 4 nitrogen and oxygen atoms in total. The Bertz CT molecular complexity index is 942. The van der Waals surface area contributed by atoms with Crippen LogP contribution in [0.15, 0.2) is 78.9 Å². The Morgan fingerprint density at radius 1 is 0.828 bits per heavy atom. The van der Waals surface area contributed by atoms with E-state index in [9.17, 15) is 18.0 Å².